The van der Waals surface area contributed by atoms with E-state index < -0.39 is 0 Å². The minimum atomic E-state index is 0. The molecule has 1 heterocycles. The molecule has 0 saturated carbocycles. The minimum Gasteiger partial charge on any atom is -0.315 e. The molecule has 1 aliphatic heterocycles. The van der Waals surface area contributed by atoms with Gasteiger partial charge in [-0.3, -0.25) is 0 Å². The molecule has 22 heavy (non-hydrogen) atoms. The Morgan fingerprint density at radius 1 is 0.955 bits per heavy atom. The molecule has 1 saturated heterocycles. The van der Waals surface area contributed by atoms with E-state index in [4.69, 9.17) is 0 Å². The maximum atomic E-state index is 3.49. The van der Waals surface area contributed by atoms with E-state index in [1.165, 1.54) is 50.9 Å². The van der Waals surface area contributed by atoms with Crippen molar-refractivity contribution in [2.45, 2.75) is 32.2 Å². The van der Waals surface area contributed by atoms with Crippen LogP contribution in [-0.2, 0) is 23.6 Å². The quantitative estimate of drug-likeness (QED) is 0.323. The summed E-state index contributed by atoms with van der Waals surface area (Å²) in [4.78, 5) is 2.51. The summed E-state index contributed by atoms with van der Waals surface area (Å²) in [6, 6.07) is 18.6. The van der Waals surface area contributed by atoms with Crippen LogP contribution in [0.2, 0.25) is 0 Å². The first-order chi connectivity index (χ1) is 10.4. The van der Waals surface area contributed by atoms with Gasteiger partial charge in [0.05, 0.1) is 0 Å². The van der Waals surface area contributed by atoms with Gasteiger partial charge in [-0.1, -0.05) is 12.8 Å². The molecule has 2 nitrogen and oxygen atoms in total. The smallest absolute Gasteiger partial charge is 0.315 e. The molecule has 0 atom stereocenters. The van der Waals surface area contributed by atoms with Gasteiger partial charge in [-0.2, -0.15) is 35.9 Å². The summed E-state index contributed by atoms with van der Waals surface area (Å²) in [7, 11) is 0. The first-order valence-corrected chi connectivity index (χ1v) is 8.25. The number of hydrogen-bond donors (Lipinski definition) is 1. The van der Waals surface area contributed by atoms with E-state index in [-0.39, 0.29) is 17.1 Å². The zero-order chi connectivity index (χ0) is 14.6. The molecular weight excluding hydrogens is 312 g/mol. The molecule has 122 valence electrons. The maximum absolute atomic E-state index is 3.49. The fourth-order valence-electron chi connectivity index (χ4n) is 2.32. The molecule has 1 fully saturated rings. The van der Waals surface area contributed by atoms with E-state index in [0.29, 0.717) is 0 Å². The van der Waals surface area contributed by atoms with E-state index in [2.05, 4.69) is 34.5 Å². The number of hydrogen-bond acceptors (Lipinski definition) is 2. The van der Waals surface area contributed by atoms with Gasteiger partial charge in [0.25, 0.3) is 0 Å². The summed E-state index contributed by atoms with van der Waals surface area (Å²) < 4.78 is 0. The number of nitrogens with zero attached hydrogens (tertiary/aromatic N) is 1. The number of rotatable bonds is 9. The third-order valence-electron chi connectivity index (χ3n) is 3.73. The van der Waals surface area contributed by atoms with Crippen LogP contribution in [-0.4, -0.2) is 31.1 Å². The molecule has 0 aromatic heterocycles. The molecule has 0 spiro atoms. The van der Waals surface area contributed by atoms with Gasteiger partial charge in [-0.05, 0) is 32.5 Å². The van der Waals surface area contributed by atoms with Crippen molar-refractivity contribution in [3.05, 3.63) is 60.2 Å². The fraction of sp³-hybridized carbons (Fsp3) is 0.474. The van der Waals surface area contributed by atoms with Crippen LogP contribution in [0.25, 0.3) is 0 Å². The normalized spacial score (nSPS) is 13.1. The van der Waals surface area contributed by atoms with Crippen LogP contribution in [0, 0.1) is 0 Å². The largest absolute Gasteiger partial charge is 2.00 e. The Morgan fingerprint density at radius 2 is 1.73 bits per heavy atom. The van der Waals surface area contributed by atoms with Crippen LogP contribution in [0.15, 0.2) is 54.6 Å². The van der Waals surface area contributed by atoms with Gasteiger partial charge in [-0.25, -0.2) is 24.3 Å². The summed E-state index contributed by atoms with van der Waals surface area (Å²) in [6.45, 7) is 6.22. The Balaban J connectivity index is 0.000000344. The van der Waals surface area contributed by atoms with Crippen molar-refractivity contribution in [2.24, 2.45) is 0 Å². The van der Waals surface area contributed by atoms with Gasteiger partial charge in [0.2, 0.25) is 0 Å². The topological polar surface area (TPSA) is 15.0 Å². The Bertz CT molecular complexity index is 401. The maximum Gasteiger partial charge on any atom is 2.00 e. The van der Waals surface area contributed by atoms with Crippen LogP contribution in [0.1, 0.15) is 31.2 Å². The van der Waals surface area contributed by atoms with Crippen molar-refractivity contribution in [3.8, 4) is 0 Å². The monoisotopic (exact) mass is 340 g/mol. The average molecular weight is 340 g/mol. The standard InChI is InChI=1S/C14H23N2.C5H5.Fe/c1(2-6-10-16-11-12-16)5-9-15-13-14-7-3-4-8-14;1-2-4-5-3-1;/h3-4,7-8,15H,1-2,5-6,9-13H2;1-5H;/q2*-1;+2. The zero-order valence-corrected chi connectivity index (χ0v) is 14.5. The second kappa shape index (κ2) is 12.7. The van der Waals surface area contributed by atoms with Crippen LogP contribution in [0.3, 0.4) is 0 Å². The molecule has 3 heteroatoms. The molecule has 2 aromatic carbocycles. The van der Waals surface area contributed by atoms with Crippen LogP contribution < -0.4 is 5.32 Å². The van der Waals surface area contributed by atoms with E-state index in [9.17, 15) is 0 Å². The van der Waals surface area contributed by atoms with E-state index >= 15 is 0 Å². The van der Waals surface area contributed by atoms with Gasteiger partial charge >= 0.3 is 17.1 Å². The van der Waals surface area contributed by atoms with Gasteiger partial charge in [0, 0.05) is 13.1 Å². The zero-order valence-electron chi connectivity index (χ0n) is 13.4. The number of unbranched alkanes of at least 4 members (excludes halogenated alkanes) is 3. The Hall–Kier alpha value is -0.861. The Kier molecular flexibility index (Phi) is 11.0. The van der Waals surface area contributed by atoms with Crippen molar-refractivity contribution in [1.82, 2.24) is 10.2 Å². The van der Waals surface area contributed by atoms with E-state index in [1.807, 2.05) is 30.3 Å². The van der Waals surface area contributed by atoms with Crippen molar-refractivity contribution in [2.75, 3.05) is 26.2 Å². The summed E-state index contributed by atoms with van der Waals surface area (Å²) in [6.07, 6.45) is 5.49. The van der Waals surface area contributed by atoms with Crippen LogP contribution in [0.5, 0.6) is 0 Å². The molecule has 0 unspecified atom stereocenters. The van der Waals surface area contributed by atoms with Crippen molar-refractivity contribution in [1.29, 1.82) is 0 Å². The Morgan fingerprint density at radius 3 is 2.32 bits per heavy atom. The second-order valence-electron chi connectivity index (χ2n) is 5.69. The first kappa shape index (κ1) is 19.2. The molecule has 0 bridgehead atoms. The third kappa shape index (κ3) is 9.96. The van der Waals surface area contributed by atoms with Crippen molar-refractivity contribution in [3.63, 3.8) is 0 Å². The molecule has 0 aliphatic carbocycles. The summed E-state index contributed by atoms with van der Waals surface area (Å²) >= 11 is 0. The third-order valence-corrected chi connectivity index (χ3v) is 3.73. The first-order valence-electron chi connectivity index (χ1n) is 8.25. The van der Waals surface area contributed by atoms with Crippen LogP contribution >= 0.6 is 0 Å². The fourth-order valence-corrected chi connectivity index (χ4v) is 2.32. The van der Waals surface area contributed by atoms with Crippen molar-refractivity contribution < 1.29 is 17.1 Å². The van der Waals surface area contributed by atoms with E-state index in [0.717, 1.165) is 13.1 Å². The van der Waals surface area contributed by atoms with Gasteiger partial charge in [0.15, 0.2) is 0 Å². The van der Waals surface area contributed by atoms with Crippen molar-refractivity contribution >= 4 is 0 Å². The second-order valence-corrected chi connectivity index (χ2v) is 5.69. The molecule has 0 amide bonds. The predicted octanol–water partition coefficient (Wildman–Crippen LogP) is 3.77. The van der Waals surface area contributed by atoms with Crippen LogP contribution in [0.4, 0.5) is 0 Å². The van der Waals surface area contributed by atoms with Gasteiger partial charge in [0.1, 0.15) is 0 Å². The molecule has 2 aromatic rings. The molecule has 1 aliphatic rings. The number of nitrogens with one attached hydrogen (secondary N) is 1. The minimum absolute atomic E-state index is 0. The summed E-state index contributed by atoms with van der Waals surface area (Å²) in [5, 5.41) is 3.49. The van der Waals surface area contributed by atoms with E-state index in [1.54, 1.807) is 0 Å². The summed E-state index contributed by atoms with van der Waals surface area (Å²) in [5.74, 6) is 0. The molecule has 3 rings (SSSR count). The Labute approximate surface area is 146 Å². The molecular formula is C19H28FeN2. The predicted molar refractivity (Wildman–Crippen MR) is 90.7 cm³/mol. The molecule has 0 radical (unpaired) electrons. The van der Waals surface area contributed by atoms with Gasteiger partial charge < -0.3 is 10.2 Å². The molecule has 1 N–H and O–H groups in total. The van der Waals surface area contributed by atoms with Gasteiger partial charge in [-0.15, -0.1) is 0 Å². The average Bonchev–Trinajstić information content (AvgIpc) is 3.00. The summed E-state index contributed by atoms with van der Waals surface area (Å²) in [5.41, 5.74) is 1.40. The SMILES string of the molecule is [Fe+2].c1c[cH-]c(CNCCCCCCN2CC2)c1.c1cc[cH-]c1.